The van der Waals surface area contributed by atoms with Crippen molar-refractivity contribution in [3.63, 3.8) is 0 Å². The van der Waals surface area contributed by atoms with Crippen LogP contribution in [0, 0.1) is 11.3 Å². The molecular weight excluding hydrogens is 200 g/mol. The summed E-state index contributed by atoms with van der Waals surface area (Å²) in [7, 11) is 1.85. The fourth-order valence-electron chi connectivity index (χ4n) is 1.38. The predicted octanol–water partition coefficient (Wildman–Crippen LogP) is 2.17. The molecule has 0 aliphatic rings. The Kier molecular flexibility index (Phi) is 6.65. The molecule has 0 saturated heterocycles. The van der Waals surface area contributed by atoms with Crippen LogP contribution in [-0.2, 0) is 4.79 Å². The maximum absolute atomic E-state index is 11.9. The average Bonchev–Trinajstić information content (AvgIpc) is 2.14. The van der Waals surface area contributed by atoms with E-state index in [9.17, 15) is 4.79 Å². The van der Waals surface area contributed by atoms with Crippen molar-refractivity contribution in [2.45, 2.75) is 53.5 Å². The Morgan fingerprint density at radius 2 is 1.75 bits per heavy atom. The minimum absolute atomic E-state index is 0.0512. The zero-order valence-corrected chi connectivity index (χ0v) is 11.7. The number of amides is 1. The molecule has 3 nitrogen and oxygen atoms in total. The lowest BCUT2D eigenvalue weighted by Crippen LogP contribution is -2.45. The molecule has 0 heterocycles. The SMILES string of the molecule is CNC(CCC(C)C)C(=O)NCC(C)(C)C. The second kappa shape index (κ2) is 6.89. The first-order valence-electron chi connectivity index (χ1n) is 6.21. The highest BCUT2D eigenvalue weighted by atomic mass is 16.2. The predicted molar refractivity (Wildman–Crippen MR) is 69.4 cm³/mol. The number of hydrogen-bond donors (Lipinski definition) is 2. The average molecular weight is 228 g/mol. The van der Waals surface area contributed by atoms with Gasteiger partial charge in [0.05, 0.1) is 6.04 Å². The first-order chi connectivity index (χ1) is 7.26. The van der Waals surface area contributed by atoms with Crippen molar-refractivity contribution in [3.05, 3.63) is 0 Å². The summed E-state index contributed by atoms with van der Waals surface area (Å²) in [5, 5.41) is 6.08. The fraction of sp³-hybridized carbons (Fsp3) is 0.923. The smallest absolute Gasteiger partial charge is 0.237 e. The molecule has 1 unspecified atom stereocenters. The number of rotatable bonds is 6. The minimum Gasteiger partial charge on any atom is -0.354 e. The van der Waals surface area contributed by atoms with Crippen LogP contribution in [0.4, 0.5) is 0 Å². The van der Waals surface area contributed by atoms with E-state index < -0.39 is 0 Å². The molecule has 0 rings (SSSR count). The minimum atomic E-state index is -0.0512. The van der Waals surface area contributed by atoms with Crippen LogP contribution < -0.4 is 10.6 Å². The van der Waals surface area contributed by atoms with Crippen molar-refractivity contribution in [2.75, 3.05) is 13.6 Å². The third-order valence-corrected chi connectivity index (χ3v) is 2.49. The van der Waals surface area contributed by atoms with E-state index in [2.05, 4.69) is 45.3 Å². The van der Waals surface area contributed by atoms with Gasteiger partial charge in [0, 0.05) is 6.54 Å². The first kappa shape index (κ1) is 15.4. The largest absolute Gasteiger partial charge is 0.354 e. The van der Waals surface area contributed by atoms with E-state index in [1.54, 1.807) is 0 Å². The van der Waals surface area contributed by atoms with E-state index in [4.69, 9.17) is 0 Å². The Labute approximate surface area is 100 Å². The Hall–Kier alpha value is -0.570. The third-order valence-electron chi connectivity index (χ3n) is 2.49. The van der Waals surface area contributed by atoms with Crippen LogP contribution in [0.2, 0.25) is 0 Å². The molecule has 96 valence electrons. The van der Waals surface area contributed by atoms with E-state index in [-0.39, 0.29) is 17.4 Å². The van der Waals surface area contributed by atoms with Crippen LogP contribution in [-0.4, -0.2) is 25.5 Å². The molecule has 16 heavy (non-hydrogen) atoms. The van der Waals surface area contributed by atoms with E-state index in [0.717, 1.165) is 19.4 Å². The second-order valence-electron chi connectivity index (χ2n) is 6.09. The van der Waals surface area contributed by atoms with Crippen molar-refractivity contribution in [1.82, 2.24) is 10.6 Å². The van der Waals surface area contributed by atoms with Gasteiger partial charge in [-0.25, -0.2) is 0 Å². The first-order valence-corrected chi connectivity index (χ1v) is 6.21. The molecule has 2 N–H and O–H groups in total. The number of likely N-dealkylation sites (N-methyl/N-ethyl adjacent to an activating group) is 1. The van der Waals surface area contributed by atoms with Crippen molar-refractivity contribution in [1.29, 1.82) is 0 Å². The lowest BCUT2D eigenvalue weighted by Gasteiger charge is -2.22. The summed E-state index contributed by atoms with van der Waals surface area (Å²) in [5.41, 5.74) is 0.145. The highest BCUT2D eigenvalue weighted by molar-refractivity contribution is 5.81. The highest BCUT2D eigenvalue weighted by Crippen LogP contribution is 2.11. The quantitative estimate of drug-likeness (QED) is 0.731. The van der Waals surface area contributed by atoms with Crippen molar-refractivity contribution in [2.24, 2.45) is 11.3 Å². The second-order valence-corrected chi connectivity index (χ2v) is 6.09. The van der Waals surface area contributed by atoms with Gasteiger partial charge in [0.1, 0.15) is 0 Å². The van der Waals surface area contributed by atoms with Crippen LogP contribution in [0.25, 0.3) is 0 Å². The topological polar surface area (TPSA) is 41.1 Å². The lowest BCUT2D eigenvalue weighted by atomic mass is 9.96. The van der Waals surface area contributed by atoms with Gasteiger partial charge < -0.3 is 10.6 Å². The van der Waals surface area contributed by atoms with Crippen LogP contribution >= 0.6 is 0 Å². The summed E-state index contributed by atoms with van der Waals surface area (Å²) in [6.45, 7) is 11.5. The van der Waals surface area contributed by atoms with Gasteiger partial charge in [0.25, 0.3) is 0 Å². The van der Waals surface area contributed by atoms with Crippen LogP contribution in [0.1, 0.15) is 47.5 Å². The summed E-state index contributed by atoms with van der Waals surface area (Å²) in [4.78, 5) is 11.9. The van der Waals surface area contributed by atoms with E-state index in [1.807, 2.05) is 7.05 Å². The molecule has 0 bridgehead atoms. The van der Waals surface area contributed by atoms with Gasteiger partial charge in [-0.15, -0.1) is 0 Å². The summed E-state index contributed by atoms with van der Waals surface area (Å²) < 4.78 is 0. The normalized spacial score (nSPS) is 13.9. The molecule has 0 aliphatic carbocycles. The fourth-order valence-corrected chi connectivity index (χ4v) is 1.38. The summed E-state index contributed by atoms with van der Waals surface area (Å²) in [6.07, 6.45) is 1.98. The number of nitrogens with one attached hydrogen (secondary N) is 2. The molecule has 1 amide bonds. The molecule has 3 heteroatoms. The molecule has 0 aromatic rings. The molecule has 0 saturated carbocycles. The van der Waals surface area contributed by atoms with Gasteiger partial charge in [0.15, 0.2) is 0 Å². The number of carbonyl (C=O) groups is 1. The molecule has 0 spiro atoms. The third kappa shape index (κ3) is 7.69. The van der Waals surface area contributed by atoms with Gasteiger partial charge in [-0.2, -0.15) is 0 Å². The van der Waals surface area contributed by atoms with Crippen molar-refractivity contribution < 1.29 is 4.79 Å². The molecular formula is C13H28N2O. The maximum Gasteiger partial charge on any atom is 0.237 e. The molecule has 0 radical (unpaired) electrons. The van der Waals surface area contributed by atoms with Gasteiger partial charge in [0.2, 0.25) is 5.91 Å². The van der Waals surface area contributed by atoms with E-state index in [1.165, 1.54) is 0 Å². The lowest BCUT2D eigenvalue weighted by molar-refractivity contribution is -0.123. The van der Waals surface area contributed by atoms with E-state index >= 15 is 0 Å². The monoisotopic (exact) mass is 228 g/mol. The maximum atomic E-state index is 11.9. The molecule has 0 aliphatic heterocycles. The summed E-state index contributed by atoms with van der Waals surface area (Å²) in [6, 6.07) is -0.0512. The zero-order valence-electron chi connectivity index (χ0n) is 11.7. The molecule has 0 aromatic heterocycles. The molecule has 0 fully saturated rings. The highest BCUT2D eigenvalue weighted by Gasteiger charge is 2.18. The van der Waals surface area contributed by atoms with Crippen molar-refractivity contribution >= 4 is 5.91 Å². The Morgan fingerprint density at radius 3 is 2.12 bits per heavy atom. The molecule has 0 aromatic carbocycles. The van der Waals surface area contributed by atoms with Crippen molar-refractivity contribution in [3.8, 4) is 0 Å². The standard InChI is InChI=1S/C13H28N2O/c1-10(2)7-8-11(14-6)12(16)15-9-13(3,4)5/h10-11,14H,7-9H2,1-6H3,(H,15,16). The number of hydrogen-bond acceptors (Lipinski definition) is 2. The van der Waals surface area contributed by atoms with Gasteiger partial charge in [-0.05, 0) is 31.2 Å². The Bertz CT molecular complexity index is 206. The van der Waals surface area contributed by atoms with Crippen LogP contribution in [0.15, 0.2) is 0 Å². The van der Waals surface area contributed by atoms with Gasteiger partial charge in [-0.3, -0.25) is 4.79 Å². The Balaban J connectivity index is 4.01. The van der Waals surface area contributed by atoms with Gasteiger partial charge in [-0.1, -0.05) is 34.6 Å². The number of carbonyl (C=O) groups excluding carboxylic acids is 1. The van der Waals surface area contributed by atoms with Gasteiger partial charge >= 0.3 is 0 Å². The van der Waals surface area contributed by atoms with E-state index in [0.29, 0.717) is 5.92 Å². The van der Waals surface area contributed by atoms with Crippen LogP contribution in [0.5, 0.6) is 0 Å². The molecule has 1 atom stereocenters. The zero-order chi connectivity index (χ0) is 12.8. The van der Waals surface area contributed by atoms with Crippen LogP contribution in [0.3, 0.4) is 0 Å². The summed E-state index contributed by atoms with van der Waals surface area (Å²) in [5.74, 6) is 0.768. The summed E-state index contributed by atoms with van der Waals surface area (Å²) >= 11 is 0. The Morgan fingerprint density at radius 1 is 1.19 bits per heavy atom.